The van der Waals surface area contributed by atoms with Gasteiger partial charge in [-0.25, -0.2) is 0 Å². The highest BCUT2D eigenvalue weighted by Gasteiger charge is 2.00. The molecule has 0 bridgehead atoms. The van der Waals surface area contributed by atoms with E-state index in [9.17, 15) is 4.79 Å². The average molecular weight is 192 g/mol. The van der Waals surface area contributed by atoms with E-state index in [-0.39, 0.29) is 5.91 Å². The van der Waals surface area contributed by atoms with Crippen LogP contribution >= 0.6 is 0 Å². The molecular formula is C11H16N2O. The number of amides is 1. The molecule has 0 unspecified atom stereocenters. The highest BCUT2D eigenvalue weighted by atomic mass is 16.1. The molecule has 0 radical (unpaired) electrons. The third kappa shape index (κ3) is 2.76. The summed E-state index contributed by atoms with van der Waals surface area (Å²) in [6.07, 6.45) is 0.969. The third-order valence-electron chi connectivity index (χ3n) is 2.12. The molecule has 14 heavy (non-hydrogen) atoms. The van der Waals surface area contributed by atoms with Crippen molar-refractivity contribution in [3.05, 3.63) is 29.8 Å². The molecule has 0 aliphatic carbocycles. The summed E-state index contributed by atoms with van der Waals surface area (Å²) >= 11 is 0. The van der Waals surface area contributed by atoms with Gasteiger partial charge in [0, 0.05) is 12.7 Å². The third-order valence-corrected chi connectivity index (χ3v) is 2.12. The van der Waals surface area contributed by atoms with E-state index >= 15 is 0 Å². The molecule has 0 spiro atoms. The number of para-hydroxylation sites is 1. The second kappa shape index (κ2) is 5.27. The molecule has 3 nitrogen and oxygen atoms in total. The van der Waals surface area contributed by atoms with Crippen molar-refractivity contribution in [1.29, 1.82) is 0 Å². The van der Waals surface area contributed by atoms with Gasteiger partial charge < -0.3 is 10.6 Å². The molecule has 1 rings (SSSR count). The van der Waals surface area contributed by atoms with Crippen LogP contribution in [0.25, 0.3) is 0 Å². The van der Waals surface area contributed by atoms with E-state index in [1.165, 1.54) is 5.56 Å². The maximum atomic E-state index is 11.0. The van der Waals surface area contributed by atoms with Crippen LogP contribution < -0.4 is 10.6 Å². The van der Waals surface area contributed by atoms with Crippen LogP contribution in [-0.4, -0.2) is 19.5 Å². The molecule has 1 amide bonds. The zero-order valence-electron chi connectivity index (χ0n) is 8.63. The SMILES string of the molecule is CCc1ccccc1NCC(=O)NC. The van der Waals surface area contributed by atoms with Gasteiger partial charge in [-0.05, 0) is 18.1 Å². The van der Waals surface area contributed by atoms with Gasteiger partial charge in [-0.15, -0.1) is 0 Å². The highest BCUT2D eigenvalue weighted by Crippen LogP contribution is 2.14. The summed E-state index contributed by atoms with van der Waals surface area (Å²) in [4.78, 5) is 11.0. The molecule has 3 heteroatoms. The monoisotopic (exact) mass is 192 g/mol. The minimum atomic E-state index is -0.00379. The number of hydrogen-bond donors (Lipinski definition) is 2. The van der Waals surface area contributed by atoms with Crippen molar-refractivity contribution < 1.29 is 4.79 Å². The number of carbonyl (C=O) groups is 1. The van der Waals surface area contributed by atoms with Crippen molar-refractivity contribution in [1.82, 2.24) is 5.32 Å². The van der Waals surface area contributed by atoms with Crippen molar-refractivity contribution >= 4 is 11.6 Å². The Bertz CT molecular complexity index is 310. The Morgan fingerprint density at radius 1 is 1.36 bits per heavy atom. The van der Waals surface area contributed by atoms with E-state index in [0.717, 1.165) is 12.1 Å². The summed E-state index contributed by atoms with van der Waals surface area (Å²) in [6.45, 7) is 2.42. The van der Waals surface area contributed by atoms with E-state index < -0.39 is 0 Å². The maximum absolute atomic E-state index is 11.0. The molecule has 0 atom stereocenters. The van der Waals surface area contributed by atoms with Crippen LogP contribution in [0.4, 0.5) is 5.69 Å². The minimum Gasteiger partial charge on any atom is -0.376 e. The molecule has 76 valence electrons. The lowest BCUT2D eigenvalue weighted by Crippen LogP contribution is -2.26. The lowest BCUT2D eigenvalue weighted by atomic mass is 10.1. The van der Waals surface area contributed by atoms with Crippen LogP contribution in [0.3, 0.4) is 0 Å². The lowest BCUT2D eigenvalue weighted by Gasteiger charge is -2.09. The number of likely N-dealkylation sites (N-methyl/N-ethyl adjacent to an activating group) is 1. The van der Waals surface area contributed by atoms with Crippen LogP contribution in [-0.2, 0) is 11.2 Å². The first-order valence-corrected chi connectivity index (χ1v) is 4.80. The van der Waals surface area contributed by atoms with Gasteiger partial charge in [0.05, 0.1) is 6.54 Å². The van der Waals surface area contributed by atoms with Crippen LogP contribution in [0.15, 0.2) is 24.3 Å². The number of aryl methyl sites for hydroxylation is 1. The first-order chi connectivity index (χ1) is 6.77. The highest BCUT2D eigenvalue weighted by molar-refractivity contribution is 5.80. The van der Waals surface area contributed by atoms with Gasteiger partial charge in [-0.2, -0.15) is 0 Å². The number of rotatable bonds is 4. The smallest absolute Gasteiger partial charge is 0.239 e. The summed E-state index contributed by atoms with van der Waals surface area (Å²) in [5, 5.41) is 5.67. The first kappa shape index (κ1) is 10.6. The molecule has 1 aromatic rings. The molecule has 0 heterocycles. The normalized spacial score (nSPS) is 9.57. The number of anilines is 1. The largest absolute Gasteiger partial charge is 0.376 e. The summed E-state index contributed by atoms with van der Waals surface area (Å²) in [7, 11) is 1.63. The van der Waals surface area contributed by atoms with E-state index in [4.69, 9.17) is 0 Å². The second-order valence-corrected chi connectivity index (χ2v) is 3.04. The predicted molar refractivity (Wildman–Crippen MR) is 58.4 cm³/mol. The molecule has 0 saturated heterocycles. The summed E-state index contributed by atoms with van der Waals surface area (Å²) < 4.78 is 0. The average Bonchev–Trinajstić information content (AvgIpc) is 2.26. The fourth-order valence-corrected chi connectivity index (χ4v) is 1.26. The molecule has 0 aliphatic heterocycles. The zero-order chi connectivity index (χ0) is 10.4. The molecule has 0 fully saturated rings. The molecule has 0 saturated carbocycles. The van der Waals surface area contributed by atoms with Crippen LogP contribution in [0.5, 0.6) is 0 Å². The summed E-state index contributed by atoms with van der Waals surface area (Å²) in [6, 6.07) is 8.02. The Kier molecular flexibility index (Phi) is 3.98. The van der Waals surface area contributed by atoms with E-state index in [0.29, 0.717) is 6.54 Å². The molecule has 0 aromatic heterocycles. The Hall–Kier alpha value is -1.51. The Morgan fingerprint density at radius 3 is 2.71 bits per heavy atom. The van der Waals surface area contributed by atoms with Crippen molar-refractivity contribution in [3.8, 4) is 0 Å². The number of carbonyl (C=O) groups excluding carboxylic acids is 1. The Morgan fingerprint density at radius 2 is 2.07 bits per heavy atom. The molecule has 0 aliphatic rings. The van der Waals surface area contributed by atoms with E-state index in [1.54, 1.807) is 7.05 Å². The number of benzene rings is 1. The van der Waals surface area contributed by atoms with E-state index in [1.807, 2.05) is 18.2 Å². The van der Waals surface area contributed by atoms with Crippen molar-refractivity contribution in [2.45, 2.75) is 13.3 Å². The fourth-order valence-electron chi connectivity index (χ4n) is 1.26. The van der Waals surface area contributed by atoms with Gasteiger partial charge in [0.1, 0.15) is 0 Å². The zero-order valence-corrected chi connectivity index (χ0v) is 8.63. The maximum Gasteiger partial charge on any atom is 0.239 e. The fraction of sp³-hybridized carbons (Fsp3) is 0.364. The number of hydrogen-bond acceptors (Lipinski definition) is 2. The standard InChI is InChI=1S/C11H16N2O/c1-3-9-6-4-5-7-10(9)13-8-11(14)12-2/h4-7,13H,3,8H2,1-2H3,(H,12,14). The van der Waals surface area contributed by atoms with Gasteiger partial charge in [-0.3, -0.25) is 4.79 Å². The molecular weight excluding hydrogens is 176 g/mol. The van der Waals surface area contributed by atoms with E-state index in [2.05, 4.69) is 23.6 Å². The van der Waals surface area contributed by atoms with Crippen molar-refractivity contribution in [2.24, 2.45) is 0 Å². The van der Waals surface area contributed by atoms with Gasteiger partial charge in [-0.1, -0.05) is 25.1 Å². The summed E-state index contributed by atoms with van der Waals surface area (Å²) in [5.74, 6) is -0.00379. The second-order valence-electron chi connectivity index (χ2n) is 3.04. The Labute approximate surface area is 84.5 Å². The molecule has 1 aromatic carbocycles. The lowest BCUT2D eigenvalue weighted by molar-refractivity contribution is -0.118. The Balaban J connectivity index is 2.61. The van der Waals surface area contributed by atoms with Gasteiger partial charge in [0.15, 0.2) is 0 Å². The quantitative estimate of drug-likeness (QED) is 0.757. The minimum absolute atomic E-state index is 0.00379. The predicted octanol–water partition coefficient (Wildman–Crippen LogP) is 1.41. The van der Waals surface area contributed by atoms with Crippen LogP contribution in [0.2, 0.25) is 0 Å². The first-order valence-electron chi connectivity index (χ1n) is 4.80. The molecule has 2 N–H and O–H groups in total. The van der Waals surface area contributed by atoms with Crippen molar-refractivity contribution in [2.75, 3.05) is 18.9 Å². The van der Waals surface area contributed by atoms with Crippen LogP contribution in [0.1, 0.15) is 12.5 Å². The topological polar surface area (TPSA) is 41.1 Å². The van der Waals surface area contributed by atoms with Gasteiger partial charge in [0.2, 0.25) is 5.91 Å². The summed E-state index contributed by atoms with van der Waals surface area (Å²) in [5.41, 5.74) is 2.27. The van der Waals surface area contributed by atoms with Gasteiger partial charge in [0.25, 0.3) is 0 Å². The van der Waals surface area contributed by atoms with Crippen molar-refractivity contribution in [3.63, 3.8) is 0 Å². The number of nitrogens with one attached hydrogen (secondary N) is 2. The van der Waals surface area contributed by atoms with Gasteiger partial charge >= 0.3 is 0 Å². The van der Waals surface area contributed by atoms with Crippen LogP contribution in [0, 0.1) is 0 Å².